The van der Waals surface area contributed by atoms with E-state index in [9.17, 15) is 4.79 Å². The van der Waals surface area contributed by atoms with Crippen LogP contribution in [0, 0.1) is 5.92 Å². The minimum absolute atomic E-state index is 0.145. The van der Waals surface area contributed by atoms with Gasteiger partial charge in [-0.2, -0.15) is 0 Å². The number of fused-ring (bicyclic) bond motifs is 1. The van der Waals surface area contributed by atoms with Crippen molar-refractivity contribution in [2.24, 2.45) is 5.92 Å². The first-order valence-electron chi connectivity index (χ1n) is 11.7. The van der Waals surface area contributed by atoms with E-state index in [0.717, 1.165) is 79.5 Å². The summed E-state index contributed by atoms with van der Waals surface area (Å²) in [5.74, 6) is 2.55. The Hall–Kier alpha value is -2.32. The molecule has 1 aromatic carbocycles. The Balaban J connectivity index is 1.18. The van der Waals surface area contributed by atoms with Gasteiger partial charge in [0, 0.05) is 45.3 Å². The number of hydrogen-bond donors (Lipinski definition) is 0. The molecule has 0 spiro atoms. The van der Waals surface area contributed by atoms with Crippen LogP contribution in [0.3, 0.4) is 0 Å². The van der Waals surface area contributed by atoms with Crippen LogP contribution in [0.5, 0.6) is 11.5 Å². The number of thiazole rings is 1. The van der Waals surface area contributed by atoms with E-state index in [2.05, 4.69) is 40.8 Å². The lowest BCUT2D eigenvalue weighted by atomic mass is 9.99. The third kappa shape index (κ3) is 4.43. The van der Waals surface area contributed by atoms with Gasteiger partial charge in [0.25, 0.3) is 5.91 Å². The summed E-state index contributed by atoms with van der Waals surface area (Å²) < 4.78 is 11.4. The number of carbonyl (C=O) groups is 1. The van der Waals surface area contributed by atoms with Crippen molar-refractivity contribution >= 4 is 22.4 Å². The Kier molecular flexibility index (Phi) is 6.24. The second-order valence-electron chi connectivity index (χ2n) is 9.08. The zero-order valence-corrected chi connectivity index (χ0v) is 19.8. The van der Waals surface area contributed by atoms with E-state index in [1.54, 1.807) is 6.20 Å². The molecular weight excluding hydrogens is 424 g/mol. The average molecular weight is 457 g/mol. The molecule has 0 saturated carbocycles. The van der Waals surface area contributed by atoms with Crippen LogP contribution in [0.25, 0.3) is 0 Å². The van der Waals surface area contributed by atoms with Gasteiger partial charge in [0.1, 0.15) is 18.1 Å². The number of aromatic nitrogens is 1. The quantitative estimate of drug-likeness (QED) is 0.700. The van der Waals surface area contributed by atoms with Crippen LogP contribution < -0.4 is 14.4 Å². The average Bonchev–Trinajstić information content (AvgIpc) is 3.34. The molecule has 0 bridgehead atoms. The number of piperazine rings is 1. The summed E-state index contributed by atoms with van der Waals surface area (Å²) in [7, 11) is 0. The van der Waals surface area contributed by atoms with Crippen LogP contribution in [0.1, 0.15) is 48.0 Å². The first-order valence-corrected chi connectivity index (χ1v) is 12.5. The summed E-state index contributed by atoms with van der Waals surface area (Å²) >= 11 is 1.54. The van der Waals surface area contributed by atoms with Gasteiger partial charge in [0.05, 0.1) is 6.20 Å². The Labute approximate surface area is 193 Å². The maximum Gasteiger partial charge on any atom is 0.265 e. The van der Waals surface area contributed by atoms with E-state index in [4.69, 9.17) is 9.47 Å². The van der Waals surface area contributed by atoms with Crippen LogP contribution in [0.2, 0.25) is 0 Å². The van der Waals surface area contributed by atoms with Crippen molar-refractivity contribution in [1.82, 2.24) is 14.8 Å². The third-order valence-electron chi connectivity index (χ3n) is 6.96. The minimum Gasteiger partial charge on any atom is -0.486 e. The number of amides is 1. The number of nitrogens with zero attached hydrogens (tertiary/aromatic N) is 4. The summed E-state index contributed by atoms with van der Waals surface area (Å²) in [6.07, 6.45) is 3.96. The lowest BCUT2D eigenvalue weighted by Gasteiger charge is -2.38. The zero-order valence-electron chi connectivity index (χ0n) is 19.0. The zero-order chi connectivity index (χ0) is 22.1. The standard InChI is InChI=1S/C24H32N4O3S/c1-17-5-7-27(8-6-17)23(29)22-16-25-24(32-22)28-11-9-26(10-12-28)18(2)19-3-4-20-21(15-19)31-14-13-30-20/h3-4,15-18H,5-14H2,1-2H3. The number of rotatable bonds is 4. The van der Waals surface area contributed by atoms with Crippen molar-refractivity contribution in [3.63, 3.8) is 0 Å². The predicted molar refractivity (Wildman–Crippen MR) is 126 cm³/mol. The third-order valence-corrected chi connectivity index (χ3v) is 8.00. The van der Waals surface area contributed by atoms with E-state index in [0.29, 0.717) is 19.3 Å². The number of ether oxygens (including phenoxy) is 2. The highest BCUT2D eigenvalue weighted by molar-refractivity contribution is 7.17. The van der Waals surface area contributed by atoms with Gasteiger partial charge in [-0.3, -0.25) is 9.69 Å². The van der Waals surface area contributed by atoms with E-state index in [1.807, 2.05) is 11.0 Å². The van der Waals surface area contributed by atoms with Crippen molar-refractivity contribution in [2.75, 3.05) is 57.4 Å². The molecule has 5 rings (SSSR count). The molecule has 32 heavy (non-hydrogen) atoms. The second kappa shape index (κ2) is 9.27. The number of carbonyl (C=O) groups excluding carboxylic acids is 1. The SMILES string of the molecule is CC1CCN(C(=O)c2cnc(N3CCN(C(C)c4ccc5c(c4)OCCO5)CC3)s2)CC1. The van der Waals surface area contributed by atoms with Gasteiger partial charge in [-0.05, 0) is 43.4 Å². The van der Waals surface area contributed by atoms with Gasteiger partial charge in [-0.15, -0.1) is 0 Å². The molecular formula is C24H32N4O3S. The number of piperidine rings is 1. The van der Waals surface area contributed by atoms with Crippen LogP contribution >= 0.6 is 11.3 Å². The lowest BCUT2D eigenvalue weighted by molar-refractivity contribution is 0.0702. The Morgan fingerprint density at radius 3 is 2.53 bits per heavy atom. The second-order valence-corrected chi connectivity index (χ2v) is 10.1. The van der Waals surface area contributed by atoms with Crippen molar-refractivity contribution in [3.8, 4) is 11.5 Å². The molecule has 0 aliphatic carbocycles. The van der Waals surface area contributed by atoms with Crippen LogP contribution in [0.15, 0.2) is 24.4 Å². The van der Waals surface area contributed by atoms with E-state index in [1.165, 1.54) is 16.9 Å². The first kappa shape index (κ1) is 21.5. The minimum atomic E-state index is 0.145. The summed E-state index contributed by atoms with van der Waals surface area (Å²) in [5, 5.41) is 0.963. The van der Waals surface area contributed by atoms with Crippen LogP contribution in [-0.4, -0.2) is 73.2 Å². The maximum atomic E-state index is 12.9. The smallest absolute Gasteiger partial charge is 0.265 e. The lowest BCUT2D eigenvalue weighted by Crippen LogP contribution is -2.47. The van der Waals surface area contributed by atoms with E-state index in [-0.39, 0.29) is 5.91 Å². The van der Waals surface area contributed by atoms with Gasteiger partial charge < -0.3 is 19.3 Å². The number of hydrogen-bond acceptors (Lipinski definition) is 7. The molecule has 1 amide bonds. The van der Waals surface area contributed by atoms with Crippen LogP contribution in [0.4, 0.5) is 5.13 Å². The number of likely N-dealkylation sites (tertiary alicyclic amines) is 1. The van der Waals surface area contributed by atoms with E-state index >= 15 is 0 Å². The molecule has 7 nitrogen and oxygen atoms in total. The molecule has 4 heterocycles. The van der Waals surface area contributed by atoms with Crippen molar-refractivity contribution in [2.45, 2.75) is 32.7 Å². The van der Waals surface area contributed by atoms with Crippen molar-refractivity contribution in [1.29, 1.82) is 0 Å². The normalized spacial score (nSPS) is 20.9. The fourth-order valence-corrected chi connectivity index (χ4v) is 5.64. The van der Waals surface area contributed by atoms with Crippen LogP contribution in [-0.2, 0) is 0 Å². The summed E-state index contributed by atoms with van der Waals surface area (Å²) in [4.78, 5) is 25.0. The van der Waals surface area contributed by atoms with Gasteiger partial charge in [0.15, 0.2) is 16.6 Å². The van der Waals surface area contributed by atoms with Gasteiger partial charge in [-0.1, -0.05) is 24.3 Å². The van der Waals surface area contributed by atoms with Gasteiger partial charge in [0.2, 0.25) is 0 Å². The molecule has 3 aliphatic heterocycles. The maximum absolute atomic E-state index is 12.9. The van der Waals surface area contributed by atoms with Crippen molar-refractivity contribution in [3.05, 3.63) is 34.8 Å². The van der Waals surface area contributed by atoms with Gasteiger partial charge in [-0.25, -0.2) is 4.98 Å². The number of anilines is 1. The summed E-state index contributed by atoms with van der Waals surface area (Å²) in [6.45, 7) is 11.2. The predicted octanol–water partition coefficient (Wildman–Crippen LogP) is 3.67. The van der Waals surface area contributed by atoms with E-state index < -0.39 is 0 Å². The number of benzene rings is 1. The first-order chi connectivity index (χ1) is 15.6. The molecule has 2 aromatic rings. The summed E-state index contributed by atoms with van der Waals surface area (Å²) in [5.41, 5.74) is 1.25. The van der Waals surface area contributed by atoms with Gasteiger partial charge >= 0.3 is 0 Å². The molecule has 8 heteroatoms. The Morgan fingerprint density at radius 1 is 1.06 bits per heavy atom. The molecule has 0 radical (unpaired) electrons. The largest absolute Gasteiger partial charge is 0.486 e. The molecule has 0 N–H and O–H groups in total. The highest BCUT2D eigenvalue weighted by Gasteiger charge is 2.27. The monoisotopic (exact) mass is 456 g/mol. The highest BCUT2D eigenvalue weighted by Crippen LogP contribution is 2.34. The summed E-state index contributed by atoms with van der Waals surface area (Å²) in [6, 6.07) is 6.59. The molecule has 2 fully saturated rings. The molecule has 172 valence electrons. The Morgan fingerprint density at radius 2 is 1.78 bits per heavy atom. The topological polar surface area (TPSA) is 58.1 Å². The fourth-order valence-electron chi connectivity index (χ4n) is 4.71. The molecule has 3 aliphatic rings. The van der Waals surface area contributed by atoms with Crippen molar-refractivity contribution < 1.29 is 14.3 Å². The molecule has 1 atom stereocenters. The molecule has 1 aromatic heterocycles. The highest BCUT2D eigenvalue weighted by atomic mass is 32.1. The Bertz CT molecular complexity index is 948. The molecule has 1 unspecified atom stereocenters. The molecule has 2 saturated heterocycles. The fraction of sp³-hybridized carbons (Fsp3) is 0.583.